The smallest absolute Gasteiger partial charge is 0.333 e. The van der Waals surface area contributed by atoms with Crippen LogP contribution in [0.15, 0.2) is 12.2 Å². The van der Waals surface area contributed by atoms with Crippen LogP contribution in [0.3, 0.4) is 0 Å². The standard InChI is InChI=1S/C20H40N2O3/c1-13(2)16(24)25-15(12-18(5,6)21)19(7,8)17(3,4)11-14(23)20(9,10)22/h14-15,23H,1,11-12,21-22H2,2-10H3. The monoisotopic (exact) mass is 356 g/mol. The van der Waals surface area contributed by atoms with Crippen LogP contribution < -0.4 is 11.5 Å². The maximum Gasteiger partial charge on any atom is 0.333 e. The molecule has 0 aromatic heterocycles. The predicted molar refractivity (Wildman–Crippen MR) is 104 cm³/mol. The zero-order chi connectivity index (χ0) is 20.4. The number of nitrogens with two attached hydrogens (primary N) is 2. The number of hydrogen-bond donors (Lipinski definition) is 3. The Morgan fingerprint density at radius 2 is 1.48 bits per heavy atom. The summed E-state index contributed by atoms with van der Waals surface area (Å²) in [6.45, 7) is 21.0. The minimum absolute atomic E-state index is 0.353. The third-order valence-corrected chi connectivity index (χ3v) is 5.42. The predicted octanol–water partition coefficient (Wildman–Crippen LogP) is 3.14. The third-order valence-electron chi connectivity index (χ3n) is 5.42. The van der Waals surface area contributed by atoms with Gasteiger partial charge in [-0.2, -0.15) is 0 Å². The molecule has 25 heavy (non-hydrogen) atoms. The normalized spacial score (nSPS) is 16.3. The van der Waals surface area contributed by atoms with Crippen LogP contribution in [0.25, 0.3) is 0 Å². The summed E-state index contributed by atoms with van der Waals surface area (Å²) < 4.78 is 5.77. The van der Waals surface area contributed by atoms with Gasteiger partial charge in [0.2, 0.25) is 0 Å². The number of aliphatic hydroxyl groups excluding tert-OH is 1. The van der Waals surface area contributed by atoms with E-state index in [1.165, 1.54) is 0 Å². The largest absolute Gasteiger partial charge is 0.458 e. The topological polar surface area (TPSA) is 98.6 Å². The van der Waals surface area contributed by atoms with Crippen molar-refractivity contribution in [3.8, 4) is 0 Å². The molecule has 0 bridgehead atoms. The van der Waals surface area contributed by atoms with Gasteiger partial charge in [0.15, 0.2) is 0 Å². The summed E-state index contributed by atoms with van der Waals surface area (Å²) in [5, 5.41) is 10.5. The molecule has 5 nitrogen and oxygen atoms in total. The molecule has 2 atom stereocenters. The van der Waals surface area contributed by atoms with E-state index in [0.717, 1.165) is 0 Å². The molecule has 0 saturated carbocycles. The van der Waals surface area contributed by atoms with Crippen molar-refractivity contribution in [2.75, 3.05) is 0 Å². The van der Waals surface area contributed by atoms with E-state index in [9.17, 15) is 9.90 Å². The molecule has 0 amide bonds. The van der Waals surface area contributed by atoms with E-state index < -0.39 is 34.7 Å². The van der Waals surface area contributed by atoms with Crippen molar-refractivity contribution < 1.29 is 14.6 Å². The molecule has 0 fully saturated rings. The second kappa shape index (κ2) is 7.77. The van der Waals surface area contributed by atoms with E-state index in [1.54, 1.807) is 6.92 Å². The van der Waals surface area contributed by atoms with Crippen molar-refractivity contribution >= 4 is 5.97 Å². The van der Waals surface area contributed by atoms with Crippen LogP contribution >= 0.6 is 0 Å². The molecule has 0 aliphatic heterocycles. The molecular formula is C20H40N2O3. The Balaban J connectivity index is 5.69. The second-order valence-electron chi connectivity index (χ2n) is 10.0. The molecule has 0 radical (unpaired) electrons. The Labute approximate surface area is 154 Å². The highest BCUT2D eigenvalue weighted by Gasteiger charge is 2.48. The average molecular weight is 357 g/mol. The van der Waals surface area contributed by atoms with Gasteiger partial charge in [0.05, 0.1) is 6.10 Å². The Kier molecular flexibility index (Phi) is 7.48. The molecule has 0 saturated heterocycles. The van der Waals surface area contributed by atoms with Gasteiger partial charge in [0.1, 0.15) is 6.10 Å². The summed E-state index contributed by atoms with van der Waals surface area (Å²) in [5.41, 5.74) is 10.6. The number of ether oxygens (including phenoxy) is 1. The zero-order valence-electron chi connectivity index (χ0n) is 17.7. The van der Waals surface area contributed by atoms with E-state index in [2.05, 4.69) is 20.4 Å². The molecule has 0 aromatic carbocycles. The van der Waals surface area contributed by atoms with Gasteiger partial charge in [-0.3, -0.25) is 0 Å². The van der Waals surface area contributed by atoms with E-state index >= 15 is 0 Å². The number of carbonyl (C=O) groups excluding carboxylic acids is 1. The lowest BCUT2D eigenvalue weighted by atomic mass is 9.60. The van der Waals surface area contributed by atoms with Crippen LogP contribution in [0, 0.1) is 10.8 Å². The summed E-state index contributed by atoms with van der Waals surface area (Å²) >= 11 is 0. The van der Waals surface area contributed by atoms with Crippen LogP contribution in [-0.2, 0) is 9.53 Å². The van der Waals surface area contributed by atoms with Gasteiger partial charge in [0.25, 0.3) is 0 Å². The van der Waals surface area contributed by atoms with E-state index in [4.69, 9.17) is 16.2 Å². The Bertz CT molecular complexity index is 482. The Hall–Kier alpha value is -0.910. The number of esters is 1. The summed E-state index contributed by atoms with van der Waals surface area (Å²) in [6, 6.07) is 0. The maximum atomic E-state index is 12.2. The van der Waals surface area contributed by atoms with Crippen molar-refractivity contribution in [3.05, 3.63) is 12.2 Å². The first-order valence-electron chi connectivity index (χ1n) is 8.93. The lowest BCUT2D eigenvalue weighted by Gasteiger charge is -2.49. The summed E-state index contributed by atoms with van der Waals surface area (Å²) in [5.74, 6) is -0.419. The Morgan fingerprint density at radius 3 is 1.80 bits per heavy atom. The van der Waals surface area contributed by atoms with E-state index in [0.29, 0.717) is 18.4 Å². The highest BCUT2D eigenvalue weighted by Crippen LogP contribution is 2.48. The van der Waals surface area contributed by atoms with Gasteiger partial charge in [-0.15, -0.1) is 0 Å². The molecule has 5 heteroatoms. The fourth-order valence-electron chi connectivity index (χ4n) is 2.60. The molecule has 0 aliphatic carbocycles. The molecule has 0 rings (SSSR count). The van der Waals surface area contributed by atoms with Crippen LogP contribution in [0.2, 0.25) is 0 Å². The number of rotatable bonds is 9. The van der Waals surface area contributed by atoms with Crippen LogP contribution in [0.5, 0.6) is 0 Å². The zero-order valence-corrected chi connectivity index (χ0v) is 17.7. The van der Waals surface area contributed by atoms with Crippen molar-refractivity contribution in [2.45, 2.75) is 98.4 Å². The molecule has 0 heterocycles. The van der Waals surface area contributed by atoms with Gasteiger partial charge in [-0.1, -0.05) is 34.3 Å². The second-order valence-corrected chi connectivity index (χ2v) is 10.0. The minimum atomic E-state index is -0.704. The summed E-state index contributed by atoms with van der Waals surface area (Å²) in [6.07, 6.45) is -0.106. The SMILES string of the molecule is C=C(C)C(=O)OC(CC(C)(C)N)C(C)(C)C(C)(C)CC(O)C(C)(C)N. The van der Waals surface area contributed by atoms with E-state index in [-0.39, 0.29) is 5.41 Å². The first kappa shape index (κ1) is 24.1. The number of aliphatic hydroxyl groups is 1. The van der Waals surface area contributed by atoms with E-state index in [1.807, 2.05) is 41.5 Å². The van der Waals surface area contributed by atoms with Gasteiger partial charge < -0.3 is 21.3 Å². The quantitative estimate of drug-likeness (QED) is 0.435. The highest BCUT2D eigenvalue weighted by molar-refractivity contribution is 5.87. The fraction of sp³-hybridized carbons (Fsp3) is 0.850. The molecule has 5 N–H and O–H groups in total. The molecular weight excluding hydrogens is 316 g/mol. The van der Waals surface area contributed by atoms with Gasteiger partial charge >= 0.3 is 5.97 Å². The molecule has 0 spiro atoms. The molecule has 2 unspecified atom stereocenters. The third kappa shape index (κ3) is 7.08. The first-order chi connectivity index (χ1) is 10.8. The first-order valence-corrected chi connectivity index (χ1v) is 8.93. The minimum Gasteiger partial charge on any atom is -0.458 e. The average Bonchev–Trinajstić information content (AvgIpc) is 2.33. The van der Waals surface area contributed by atoms with Crippen molar-refractivity contribution in [2.24, 2.45) is 22.3 Å². The molecule has 148 valence electrons. The van der Waals surface area contributed by atoms with Crippen LogP contribution in [0.1, 0.15) is 75.2 Å². The molecule has 0 aliphatic rings. The van der Waals surface area contributed by atoms with Crippen LogP contribution in [-0.4, -0.2) is 34.4 Å². The van der Waals surface area contributed by atoms with Gasteiger partial charge in [-0.25, -0.2) is 4.79 Å². The van der Waals surface area contributed by atoms with Crippen LogP contribution in [0.4, 0.5) is 0 Å². The fourth-order valence-corrected chi connectivity index (χ4v) is 2.60. The lowest BCUT2D eigenvalue weighted by Crippen LogP contribution is -2.53. The van der Waals surface area contributed by atoms with Crippen molar-refractivity contribution in [1.29, 1.82) is 0 Å². The van der Waals surface area contributed by atoms with Gasteiger partial charge in [-0.05, 0) is 46.5 Å². The summed E-state index contributed by atoms with van der Waals surface area (Å²) in [7, 11) is 0. The van der Waals surface area contributed by atoms with Crippen molar-refractivity contribution in [3.63, 3.8) is 0 Å². The molecule has 0 aromatic rings. The van der Waals surface area contributed by atoms with Crippen molar-refractivity contribution in [1.82, 2.24) is 0 Å². The van der Waals surface area contributed by atoms with Gasteiger partial charge in [0, 0.05) is 28.5 Å². The number of carbonyl (C=O) groups is 1. The number of hydrogen-bond acceptors (Lipinski definition) is 5. The summed E-state index contributed by atoms with van der Waals surface area (Å²) in [4.78, 5) is 12.2. The maximum absolute atomic E-state index is 12.2. The lowest BCUT2D eigenvalue weighted by molar-refractivity contribution is -0.160. The highest BCUT2D eigenvalue weighted by atomic mass is 16.5. The Morgan fingerprint density at radius 1 is 1.04 bits per heavy atom.